The van der Waals surface area contributed by atoms with E-state index in [0.29, 0.717) is 17.3 Å². The van der Waals surface area contributed by atoms with Crippen LogP contribution >= 0.6 is 11.6 Å². The maximum atomic E-state index is 12.4. The Hall–Kier alpha value is -2.31. The molecule has 0 bridgehead atoms. The predicted octanol–water partition coefficient (Wildman–Crippen LogP) is 4.07. The minimum Gasteiger partial charge on any atom is -0.353 e. The van der Waals surface area contributed by atoms with Gasteiger partial charge in [-0.05, 0) is 42.3 Å². The highest BCUT2D eigenvalue weighted by molar-refractivity contribution is 7.92. The Labute approximate surface area is 159 Å². The first-order chi connectivity index (χ1) is 12.4. The Morgan fingerprint density at radius 1 is 1.12 bits per heavy atom. The molecule has 2 N–H and O–H groups in total. The molecule has 0 aliphatic rings. The van der Waals surface area contributed by atoms with Gasteiger partial charge in [-0.25, -0.2) is 8.42 Å². The zero-order valence-electron chi connectivity index (χ0n) is 14.4. The molecule has 7 heteroatoms. The molecule has 0 fully saturated rings. The highest BCUT2D eigenvalue weighted by atomic mass is 35.5. The molecule has 0 spiro atoms. The van der Waals surface area contributed by atoms with E-state index in [4.69, 9.17) is 11.6 Å². The molecule has 138 valence electrons. The third-order valence-corrected chi connectivity index (χ3v) is 5.28. The molecule has 2 aromatic carbocycles. The van der Waals surface area contributed by atoms with E-state index >= 15 is 0 Å². The summed E-state index contributed by atoms with van der Waals surface area (Å²) >= 11 is 5.99. The van der Waals surface area contributed by atoms with Crippen LogP contribution in [-0.4, -0.2) is 20.9 Å². The Morgan fingerprint density at radius 3 is 2.46 bits per heavy atom. The van der Waals surface area contributed by atoms with Crippen molar-refractivity contribution in [2.24, 2.45) is 0 Å². The first-order valence-electron chi connectivity index (χ1n) is 8.25. The summed E-state index contributed by atoms with van der Waals surface area (Å²) < 4.78 is 27.3. The van der Waals surface area contributed by atoms with Crippen LogP contribution in [0.3, 0.4) is 0 Å². The highest BCUT2D eigenvalue weighted by Gasteiger charge is 2.15. The molecule has 2 aromatic rings. The van der Waals surface area contributed by atoms with Crippen molar-refractivity contribution >= 4 is 39.3 Å². The first kappa shape index (κ1) is 20.0. The van der Waals surface area contributed by atoms with Gasteiger partial charge in [0.2, 0.25) is 5.91 Å². The first-order valence-corrected chi connectivity index (χ1v) is 10.1. The van der Waals surface area contributed by atoms with Crippen molar-refractivity contribution in [2.45, 2.75) is 24.7 Å². The van der Waals surface area contributed by atoms with Crippen LogP contribution in [0.15, 0.2) is 59.5 Å². The van der Waals surface area contributed by atoms with E-state index in [9.17, 15) is 13.2 Å². The van der Waals surface area contributed by atoms with Gasteiger partial charge in [0.25, 0.3) is 10.0 Å². The van der Waals surface area contributed by atoms with Crippen LogP contribution in [0.2, 0.25) is 5.02 Å². The van der Waals surface area contributed by atoms with E-state index in [1.165, 1.54) is 18.2 Å². The number of anilines is 1. The number of halogens is 1. The molecule has 0 saturated heterocycles. The summed E-state index contributed by atoms with van der Waals surface area (Å²) in [5.74, 6) is -0.171. The maximum absolute atomic E-state index is 12.4. The lowest BCUT2D eigenvalue weighted by molar-refractivity contribution is -0.116. The third kappa shape index (κ3) is 5.89. The molecule has 0 atom stereocenters. The minimum atomic E-state index is -3.74. The zero-order valence-corrected chi connectivity index (χ0v) is 16.0. The monoisotopic (exact) mass is 392 g/mol. The number of rotatable bonds is 8. The molecule has 0 aliphatic carbocycles. The molecule has 0 saturated carbocycles. The Kier molecular flexibility index (Phi) is 7.24. The Balaban J connectivity index is 2.04. The SMILES string of the molecule is CCCCNC(=O)C=Cc1ccc(S(=O)(=O)Nc2ccccc2Cl)cc1. The van der Waals surface area contributed by atoms with Gasteiger partial charge in [-0.3, -0.25) is 9.52 Å². The molecule has 5 nitrogen and oxygen atoms in total. The second-order valence-corrected chi connectivity index (χ2v) is 7.72. The number of carbonyl (C=O) groups is 1. The number of para-hydroxylation sites is 1. The molecule has 0 unspecified atom stereocenters. The van der Waals surface area contributed by atoms with Gasteiger partial charge in [0, 0.05) is 12.6 Å². The van der Waals surface area contributed by atoms with Crippen LogP contribution < -0.4 is 10.0 Å². The number of nitrogens with one attached hydrogen (secondary N) is 2. The van der Waals surface area contributed by atoms with Crippen LogP contribution in [0.25, 0.3) is 6.08 Å². The van der Waals surface area contributed by atoms with Crippen molar-refractivity contribution in [3.05, 3.63) is 65.2 Å². The van der Waals surface area contributed by atoms with Crippen molar-refractivity contribution in [1.82, 2.24) is 5.32 Å². The predicted molar refractivity (Wildman–Crippen MR) is 106 cm³/mol. The van der Waals surface area contributed by atoms with Crippen molar-refractivity contribution in [1.29, 1.82) is 0 Å². The van der Waals surface area contributed by atoms with E-state index in [1.807, 2.05) is 0 Å². The fourth-order valence-corrected chi connectivity index (χ4v) is 3.44. The lowest BCUT2D eigenvalue weighted by Crippen LogP contribution is -2.21. The topological polar surface area (TPSA) is 75.3 Å². The number of sulfonamides is 1. The number of amides is 1. The van der Waals surface area contributed by atoms with Crippen molar-refractivity contribution < 1.29 is 13.2 Å². The molecule has 0 radical (unpaired) electrons. The second kappa shape index (κ2) is 9.40. The molecular formula is C19H21ClN2O3S. The normalized spacial score (nSPS) is 11.5. The van der Waals surface area contributed by atoms with E-state index in [-0.39, 0.29) is 10.8 Å². The van der Waals surface area contributed by atoms with Gasteiger partial charge >= 0.3 is 0 Å². The summed E-state index contributed by atoms with van der Waals surface area (Å²) in [7, 11) is -3.74. The summed E-state index contributed by atoms with van der Waals surface area (Å²) in [5.41, 5.74) is 1.05. The van der Waals surface area contributed by atoms with E-state index in [2.05, 4.69) is 17.0 Å². The lowest BCUT2D eigenvalue weighted by Gasteiger charge is -2.09. The van der Waals surface area contributed by atoms with Crippen molar-refractivity contribution in [2.75, 3.05) is 11.3 Å². The van der Waals surface area contributed by atoms with Gasteiger partial charge < -0.3 is 5.32 Å². The molecule has 26 heavy (non-hydrogen) atoms. The molecule has 0 aromatic heterocycles. The van der Waals surface area contributed by atoms with Gasteiger partial charge in [-0.15, -0.1) is 0 Å². The quantitative estimate of drug-likeness (QED) is 0.525. The van der Waals surface area contributed by atoms with Crippen LogP contribution in [0.1, 0.15) is 25.3 Å². The highest BCUT2D eigenvalue weighted by Crippen LogP contribution is 2.24. The third-order valence-electron chi connectivity index (χ3n) is 3.57. The maximum Gasteiger partial charge on any atom is 0.261 e. The number of hydrogen-bond acceptors (Lipinski definition) is 3. The number of unbranched alkanes of at least 4 members (excludes halogenated alkanes) is 1. The van der Waals surface area contributed by atoms with Crippen molar-refractivity contribution in [3.63, 3.8) is 0 Å². The van der Waals surface area contributed by atoms with Gasteiger partial charge in [0.1, 0.15) is 0 Å². The van der Waals surface area contributed by atoms with Crippen LogP contribution in [-0.2, 0) is 14.8 Å². The summed E-state index contributed by atoms with van der Waals surface area (Å²) in [6.07, 6.45) is 5.02. The smallest absolute Gasteiger partial charge is 0.261 e. The van der Waals surface area contributed by atoms with Crippen LogP contribution in [0.5, 0.6) is 0 Å². The van der Waals surface area contributed by atoms with Crippen molar-refractivity contribution in [3.8, 4) is 0 Å². The second-order valence-electron chi connectivity index (χ2n) is 5.63. The standard InChI is InChI=1S/C19H21ClN2O3S/c1-2-3-14-21-19(23)13-10-15-8-11-16(12-9-15)26(24,25)22-18-7-5-4-6-17(18)20/h4-13,22H,2-3,14H2,1H3,(H,21,23). The van der Waals surface area contributed by atoms with Crippen LogP contribution in [0.4, 0.5) is 5.69 Å². The number of hydrogen-bond donors (Lipinski definition) is 2. The Bertz CT molecular complexity index is 878. The van der Waals surface area contributed by atoms with Gasteiger partial charge in [-0.2, -0.15) is 0 Å². The Morgan fingerprint density at radius 2 is 1.81 bits per heavy atom. The molecule has 0 aliphatic heterocycles. The fraction of sp³-hybridized carbons (Fsp3) is 0.211. The summed E-state index contributed by atoms with van der Waals surface area (Å²) in [5, 5.41) is 3.10. The van der Waals surface area contributed by atoms with E-state index in [0.717, 1.165) is 18.4 Å². The molecule has 1 amide bonds. The number of benzene rings is 2. The molecular weight excluding hydrogens is 372 g/mol. The molecule has 2 rings (SSSR count). The van der Waals surface area contributed by atoms with E-state index in [1.54, 1.807) is 42.5 Å². The van der Waals surface area contributed by atoms with Gasteiger partial charge in [-0.1, -0.05) is 49.2 Å². The summed E-state index contributed by atoms with van der Waals surface area (Å²) in [6, 6.07) is 12.9. The molecule has 0 heterocycles. The van der Waals surface area contributed by atoms with Crippen LogP contribution in [0, 0.1) is 0 Å². The zero-order chi connectivity index (χ0) is 19.0. The summed E-state index contributed by atoms with van der Waals surface area (Å²) in [6.45, 7) is 2.70. The largest absolute Gasteiger partial charge is 0.353 e. The lowest BCUT2D eigenvalue weighted by atomic mass is 10.2. The summed E-state index contributed by atoms with van der Waals surface area (Å²) in [4.78, 5) is 11.7. The minimum absolute atomic E-state index is 0.113. The average Bonchev–Trinajstić information content (AvgIpc) is 2.62. The van der Waals surface area contributed by atoms with Gasteiger partial charge in [0.15, 0.2) is 0 Å². The average molecular weight is 393 g/mol. The van der Waals surface area contributed by atoms with Gasteiger partial charge in [0.05, 0.1) is 15.6 Å². The fourth-order valence-electron chi connectivity index (χ4n) is 2.12. The van der Waals surface area contributed by atoms with E-state index < -0.39 is 10.0 Å². The number of carbonyl (C=O) groups excluding carboxylic acids is 1.